The summed E-state index contributed by atoms with van der Waals surface area (Å²) in [6.07, 6.45) is 1.41. The Hall–Kier alpha value is -3.97. The van der Waals surface area contributed by atoms with Crippen molar-refractivity contribution in [1.82, 2.24) is 5.01 Å². The van der Waals surface area contributed by atoms with Crippen molar-refractivity contribution in [3.63, 3.8) is 0 Å². The lowest BCUT2D eigenvalue weighted by atomic mass is 10.1. The first-order chi connectivity index (χ1) is 17.7. The van der Waals surface area contributed by atoms with Crippen molar-refractivity contribution < 1.29 is 32.2 Å². The molecule has 37 heavy (non-hydrogen) atoms. The molecule has 1 amide bonds. The third-order valence-corrected chi connectivity index (χ3v) is 8.26. The number of sulfone groups is 1. The lowest BCUT2D eigenvalue weighted by Crippen LogP contribution is -2.35. The fourth-order valence-corrected chi connectivity index (χ4v) is 5.43. The number of methoxy groups -OCH3 is 1. The number of nitrogens with one attached hydrogen (secondary N) is 1. The van der Waals surface area contributed by atoms with Crippen molar-refractivity contribution in [1.29, 1.82) is 5.41 Å². The number of carbonyl (C=O) groups excluding carboxylic acids is 2. The molecule has 0 fully saturated rings. The minimum absolute atomic E-state index is 0.00832. The number of hydrogen-bond donors (Lipinski definition) is 1. The van der Waals surface area contributed by atoms with Gasteiger partial charge < -0.3 is 14.2 Å². The average Bonchev–Trinajstić information content (AvgIpc) is 3.33. The number of esters is 1. The van der Waals surface area contributed by atoms with Crippen molar-refractivity contribution in [3.8, 4) is 17.2 Å². The molecule has 0 bridgehead atoms. The van der Waals surface area contributed by atoms with Gasteiger partial charge >= 0.3 is 5.97 Å². The van der Waals surface area contributed by atoms with Gasteiger partial charge in [0.05, 0.1) is 30.6 Å². The third-order valence-electron chi connectivity index (χ3n) is 5.17. The zero-order valence-electron chi connectivity index (χ0n) is 20.0. The average molecular weight is 543 g/mol. The molecule has 2 aliphatic heterocycles. The highest BCUT2D eigenvalue weighted by Crippen LogP contribution is 2.33. The number of hydrogen-bond acceptors (Lipinski definition) is 10. The quantitative estimate of drug-likeness (QED) is 0.316. The fraction of sp³-hybridized carbons (Fsp3) is 0.208. The molecule has 1 N–H and O–H groups in total. The topological polar surface area (TPSA) is 148 Å². The summed E-state index contributed by atoms with van der Waals surface area (Å²) in [7, 11) is -2.13. The van der Waals surface area contributed by atoms with E-state index in [1.54, 1.807) is 43.3 Å². The van der Waals surface area contributed by atoms with Gasteiger partial charge in [-0.1, -0.05) is 19.1 Å². The molecule has 2 aromatic carbocycles. The van der Waals surface area contributed by atoms with Crippen molar-refractivity contribution in [2.75, 3.05) is 19.5 Å². The first kappa shape index (κ1) is 26.1. The van der Waals surface area contributed by atoms with Gasteiger partial charge in [0, 0.05) is 0 Å². The lowest BCUT2D eigenvalue weighted by molar-refractivity contribution is -0.114. The van der Waals surface area contributed by atoms with Crippen LogP contribution in [0.1, 0.15) is 29.8 Å². The highest BCUT2D eigenvalue weighted by atomic mass is 32.3. The van der Waals surface area contributed by atoms with Gasteiger partial charge in [0.1, 0.15) is 5.75 Å². The molecule has 2 heterocycles. The van der Waals surface area contributed by atoms with E-state index < -0.39 is 21.7 Å². The molecule has 192 valence electrons. The Kier molecular flexibility index (Phi) is 7.45. The summed E-state index contributed by atoms with van der Waals surface area (Å²) in [6.45, 7) is 3.52. The molecule has 0 saturated carbocycles. The molecule has 0 aliphatic carbocycles. The predicted octanol–water partition coefficient (Wildman–Crippen LogP) is 3.32. The number of fused-ring (bicyclic) bond motifs is 1. The Balaban J connectivity index is 1.62. The van der Waals surface area contributed by atoms with E-state index in [1.807, 2.05) is 0 Å². The highest BCUT2D eigenvalue weighted by molar-refractivity contribution is 8.42. The van der Waals surface area contributed by atoms with Crippen molar-refractivity contribution >= 4 is 54.9 Å². The molecule has 0 spiro atoms. The van der Waals surface area contributed by atoms with Gasteiger partial charge in [0.2, 0.25) is 19.4 Å². The second-order valence-electron chi connectivity index (χ2n) is 7.55. The summed E-state index contributed by atoms with van der Waals surface area (Å²) in [5, 5.41) is 13.4. The van der Waals surface area contributed by atoms with E-state index >= 15 is 0 Å². The number of amidine groups is 2. The van der Waals surface area contributed by atoms with E-state index in [0.29, 0.717) is 11.3 Å². The van der Waals surface area contributed by atoms with E-state index in [2.05, 4.69) is 10.1 Å². The van der Waals surface area contributed by atoms with Crippen LogP contribution in [0, 0.1) is 5.41 Å². The van der Waals surface area contributed by atoms with Crippen molar-refractivity contribution in [2.45, 2.75) is 13.8 Å². The van der Waals surface area contributed by atoms with Crippen LogP contribution in [0.15, 0.2) is 58.1 Å². The van der Waals surface area contributed by atoms with E-state index in [0.717, 1.165) is 16.8 Å². The van der Waals surface area contributed by atoms with Crippen molar-refractivity contribution in [2.24, 2.45) is 10.1 Å². The minimum Gasteiger partial charge on any atom is -0.497 e. The molecule has 0 unspecified atom stereocenters. The van der Waals surface area contributed by atoms with Crippen LogP contribution in [0.2, 0.25) is 0 Å². The Morgan fingerprint density at radius 3 is 2.65 bits per heavy atom. The largest absolute Gasteiger partial charge is 0.497 e. The normalized spacial score (nSPS) is 16.3. The van der Waals surface area contributed by atoms with Gasteiger partial charge in [0.15, 0.2) is 17.3 Å². The van der Waals surface area contributed by atoms with Crippen LogP contribution >= 0.6 is 11.8 Å². The Bertz CT molecular complexity index is 1500. The molecule has 0 radical (unpaired) electrons. The van der Waals surface area contributed by atoms with E-state index in [-0.39, 0.29) is 50.4 Å². The molecule has 4 rings (SSSR count). The van der Waals surface area contributed by atoms with Gasteiger partial charge in [-0.15, -0.1) is 5.10 Å². The molecule has 2 aliphatic rings. The van der Waals surface area contributed by atoms with Gasteiger partial charge in [-0.05, 0) is 60.7 Å². The molecular weight excluding hydrogens is 520 g/mol. The molecule has 0 aromatic heterocycles. The summed E-state index contributed by atoms with van der Waals surface area (Å²) in [6, 6.07) is 11.2. The maximum atomic E-state index is 12.7. The van der Waals surface area contributed by atoms with Gasteiger partial charge in [-0.2, -0.15) is 10.0 Å². The molecule has 11 nitrogen and oxygen atoms in total. The SMILES string of the molecule is CCOc1cc(/C=C2\C(=N)N3N=C(S(=O)(=O)CC)SC3=NC2=O)ccc1OC(=O)c1cccc(OC)c1. The Morgan fingerprint density at radius 1 is 1.16 bits per heavy atom. The zero-order chi connectivity index (χ0) is 26.7. The number of rotatable bonds is 7. The van der Waals surface area contributed by atoms with E-state index in [4.69, 9.17) is 19.6 Å². The highest BCUT2D eigenvalue weighted by Gasteiger charge is 2.39. The summed E-state index contributed by atoms with van der Waals surface area (Å²) in [5.41, 5.74) is 0.664. The molecule has 2 aromatic rings. The Labute approximate surface area is 217 Å². The number of hydrazone groups is 1. The summed E-state index contributed by atoms with van der Waals surface area (Å²) in [5.74, 6) is -0.878. The number of thioether (sulfide) groups is 1. The second-order valence-corrected chi connectivity index (χ2v) is 11.0. The zero-order valence-corrected chi connectivity index (χ0v) is 21.7. The third kappa shape index (κ3) is 5.42. The monoisotopic (exact) mass is 542 g/mol. The van der Waals surface area contributed by atoms with Gasteiger partial charge in [-0.25, -0.2) is 13.2 Å². The van der Waals surface area contributed by atoms with E-state index in [1.165, 1.54) is 26.2 Å². The maximum Gasteiger partial charge on any atom is 0.343 e. The van der Waals surface area contributed by atoms with Crippen LogP contribution in [-0.4, -0.2) is 60.2 Å². The summed E-state index contributed by atoms with van der Waals surface area (Å²) in [4.78, 5) is 29.2. The number of benzene rings is 2. The first-order valence-corrected chi connectivity index (χ1v) is 13.5. The maximum absolute atomic E-state index is 12.7. The second kappa shape index (κ2) is 10.6. The van der Waals surface area contributed by atoms with Gasteiger partial charge in [0.25, 0.3) is 5.91 Å². The van der Waals surface area contributed by atoms with Gasteiger partial charge in [-0.3, -0.25) is 10.2 Å². The van der Waals surface area contributed by atoms with E-state index in [9.17, 15) is 18.0 Å². The smallest absolute Gasteiger partial charge is 0.343 e. The van der Waals surface area contributed by atoms with Crippen LogP contribution in [0.5, 0.6) is 17.2 Å². The fourth-order valence-electron chi connectivity index (χ4n) is 3.27. The molecule has 13 heteroatoms. The standard InChI is InChI=1S/C24H22N4O7S2/c1-4-34-19-12-14(9-10-18(19)35-22(30)15-7-6-8-16(13-15)33-3)11-17-20(25)28-23(26-21(17)29)36-24(27-28)37(31,32)5-2/h6-13,25H,4-5H2,1-3H3/b17-11+,25-20?. The number of aliphatic imine (C=N–C) groups is 1. The number of carbonyl (C=O) groups is 2. The molecule has 0 atom stereocenters. The summed E-state index contributed by atoms with van der Waals surface area (Å²) >= 11 is 0.732. The lowest BCUT2D eigenvalue weighted by Gasteiger charge is -2.20. The predicted molar refractivity (Wildman–Crippen MR) is 140 cm³/mol. The van der Waals surface area contributed by atoms with Crippen LogP contribution < -0.4 is 14.2 Å². The van der Waals surface area contributed by atoms with Crippen LogP contribution in [0.25, 0.3) is 6.08 Å². The van der Waals surface area contributed by atoms with Crippen LogP contribution in [0.3, 0.4) is 0 Å². The van der Waals surface area contributed by atoms with Crippen molar-refractivity contribution in [3.05, 3.63) is 59.2 Å². The number of ether oxygens (including phenoxy) is 3. The Morgan fingerprint density at radius 2 is 1.95 bits per heavy atom. The minimum atomic E-state index is -3.63. The van der Waals surface area contributed by atoms with Crippen LogP contribution in [-0.2, 0) is 14.6 Å². The number of amides is 1. The van der Waals surface area contributed by atoms with Crippen LogP contribution in [0.4, 0.5) is 0 Å². The molecule has 0 saturated heterocycles. The first-order valence-electron chi connectivity index (χ1n) is 11.0. The summed E-state index contributed by atoms with van der Waals surface area (Å²) < 4.78 is 40.4. The number of nitrogens with zero attached hydrogens (tertiary/aromatic N) is 3. The molecular formula is C24H22N4O7S2.